The van der Waals surface area contributed by atoms with Crippen molar-refractivity contribution >= 4 is 5.91 Å². The SMILES string of the molecule is Cc1ccc(C(=O)N[C@@H](C)Cn2cncn2)c(=O)[nH]1. The third-order valence-electron chi connectivity index (χ3n) is 2.60. The molecule has 7 nitrogen and oxygen atoms in total. The zero-order valence-electron chi connectivity index (χ0n) is 10.8. The van der Waals surface area contributed by atoms with Crippen molar-refractivity contribution in [1.82, 2.24) is 25.1 Å². The number of carbonyl (C=O) groups excluding carboxylic acids is 1. The lowest BCUT2D eigenvalue weighted by Gasteiger charge is -2.13. The maximum absolute atomic E-state index is 11.9. The Kier molecular flexibility index (Phi) is 3.74. The number of amides is 1. The van der Waals surface area contributed by atoms with Gasteiger partial charge in [-0.2, -0.15) is 5.10 Å². The first kappa shape index (κ1) is 13.0. The molecule has 0 saturated carbocycles. The average molecular weight is 261 g/mol. The van der Waals surface area contributed by atoms with Crippen molar-refractivity contribution in [3.8, 4) is 0 Å². The van der Waals surface area contributed by atoms with E-state index in [9.17, 15) is 9.59 Å². The van der Waals surface area contributed by atoms with Crippen LogP contribution in [0, 0.1) is 6.92 Å². The van der Waals surface area contributed by atoms with Crippen LogP contribution in [0.25, 0.3) is 0 Å². The first-order valence-corrected chi connectivity index (χ1v) is 5.89. The molecule has 2 aromatic heterocycles. The molecule has 0 saturated heterocycles. The summed E-state index contributed by atoms with van der Waals surface area (Å²) < 4.78 is 1.62. The number of rotatable bonds is 4. The fourth-order valence-electron chi connectivity index (χ4n) is 1.71. The summed E-state index contributed by atoms with van der Waals surface area (Å²) in [6.07, 6.45) is 3.00. The summed E-state index contributed by atoms with van der Waals surface area (Å²) >= 11 is 0. The van der Waals surface area contributed by atoms with Gasteiger partial charge in [-0.3, -0.25) is 14.3 Å². The van der Waals surface area contributed by atoms with Gasteiger partial charge < -0.3 is 10.3 Å². The Balaban J connectivity index is 2.02. The van der Waals surface area contributed by atoms with E-state index in [1.807, 2.05) is 6.92 Å². The molecule has 0 unspecified atom stereocenters. The molecule has 2 aromatic rings. The van der Waals surface area contributed by atoms with Crippen LogP contribution in [-0.2, 0) is 6.54 Å². The maximum atomic E-state index is 11.9. The van der Waals surface area contributed by atoms with Gasteiger partial charge in [0.2, 0.25) is 0 Å². The van der Waals surface area contributed by atoms with Gasteiger partial charge in [-0.05, 0) is 26.0 Å². The van der Waals surface area contributed by atoms with E-state index in [0.717, 1.165) is 5.69 Å². The zero-order chi connectivity index (χ0) is 13.8. The summed E-state index contributed by atoms with van der Waals surface area (Å²) in [7, 11) is 0. The highest BCUT2D eigenvalue weighted by atomic mass is 16.2. The van der Waals surface area contributed by atoms with E-state index in [1.165, 1.54) is 12.4 Å². The molecule has 0 aromatic carbocycles. The molecule has 100 valence electrons. The molecular weight excluding hydrogens is 246 g/mol. The Morgan fingerprint density at radius 2 is 2.32 bits per heavy atom. The second kappa shape index (κ2) is 5.47. The van der Waals surface area contributed by atoms with Crippen molar-refractivity contribution in [3.63, 3.8) is 0 Å². The number of aromatic nitrogens is 4. The second-order valence-electron chi connectivity index (χ2n) is 4.38. The molecule has 0 radical (unpaired) electrons. The quantitative estimate of drug-likeness (QED) is 0.816. The van der Waals surface area contributed by atoms with E-state index in [1.54, 1.807) is 24.0 Å². The third kappa shape index (κ3) is 3.27. The smallest absolute Gasteiger partial charge is 0.260 e. The summed E-state index contributed by atoms with van der Waals surface area (Å²) in [4.78, 5) is 30.0. The van der Waals surface area contributed by atoms with Crippen LogP contribution in [0.2, 0.25) is 0 Å². The number of aryl methyl sites for hydroxylation is 1. The molecule has 7 heteroatoms. The van der Waals surface area contributed by atoms with Gasteiger partial charge in [0.05, 0.1) is 6.54 Å². The van der Waals surface area contributed by atoms with Crippen molar-refractivity contribution in [2.75, 3.05) is 0 Å². The van der Waals surface area contributed by atoms with Crippen LogP contribution < -0.4 is 10.9 Å². The molecule has 19 heavy (non-hydrogen) atoms. The van der Waals surface area contributed by atoms with Crippen LogP contribution in [0.3, 0.4) is 0 Å². The van der Waals surface area contributed by atoms with Gasteiger partial charge in [0.1, 0.15) is 18.2 Å². The molecule has 0 fully saturated rings. The Hall–Kier alpha value is -2.44. The molecule has 2 N–H and O–H groups in total. The summed E-state index contributed by atoms with van der Waals surface area (Å²) in [5.74, 6) is -0.395. The monoisotopic (exact) mass is 261 g/mol. The molecular formula is C12H15N5O2. The number of nitrogens with zero attached hydrogens (tertiary/aromatic N) is 3. The van der Waals surface area contributed by atoms with Gasteiger partial charge in [0.25, 0.3) is 11.5 Å². The lowest BCUT2D eigenvalue weighted by atomic mass is 10.2. The number of aromatic amines is 1. The molecule has 2 rings (SSSR count). The van der Waals surface area contributed by atoms with Crippen LogP contribution >= 0.6 is 0 Å². The molecule has 1 amide bonds. The maximum Gasteiger partial charge on any atom is 0.260 e. The number of nitrogens with one attached hydrogen (secondary N) is 2. The molecule has 0 aliphatic heterocycles. The molecule has 1 atom stereocenters. The van der Waals surface area contributed by atoms with Gasteiger partial charge in [-0.15, -0.1) is 0 Å². The minimum Gasteiger partial charge on any atom is -0.348 e. The van der Waals surface area contributed by atoms with Crippen LogP contribution in [0.1, 0.15) is 23.0 Å². The lowest BCUT2D eigenvalue weighted by Crippen LogP contribution is -2.38. The normalized spacial score (nSPS) is 12.1. The molecule has 0 aliphatic carbocycles. The summed E-state index contributed by atoms with van der Waals surface area (Å²) in [5.41, 5.74) is 0.443. The highest BCUT2D eigenvalue weighted by molar-refractivity contribution is 5.93. The van der Waals surface area contributed by atoms with Crippen molar-refractivity contribution in [2.45, 2.75) is 26.4 Å². The Morgan fingerprint density at radius 1 is 1.53 bits per heavy atom. The minimum atomic E-state index is -0.395. The Labute approximate surface area is 109 Å². The molecule has 0 spiro atoms. The van der Waals surface area contributed by atoms with E-state index < -0.39 is 5.91 Å². The van der Waals surface area contributed by atoms with Crippen molar-refractivity contribution in [2.24, 2.45) is 0 Å². The van der Waals surface area contributed by atoms with Gasteiger partial charge >= 0.3 is 0 Å². The van der Waals surface area contributed by atoms with Crippen LogP contribution in [0.5, 0.6) is 0 Å². The second-order valence-corrected chi connectivity index (χ2v) is 4.38. The number of hydrogen-bond acceptors (Lipinski definition) is 4. The first-order valence-electron chi connectivity index (χ1n) is 5.89. The average Bonchev–Trinajstić information content (AvgIpc) is 2.81. The van der Waals surface area contributed by atoms with Gasteiger partial charge in [-0.25, -0.2) is 4.98 Å². The standard InChI is InChI=1S/C12H15N5O2/c1-8-3-4-10(11(18)15-8)12(19)16-9(2)5-17-7-13-6-14-17/h3-4,6-7,9H,5H2,1-2H3,(H,15,18)(H,16,19)/t9-/m0/s1. The number of H-pyrrole nitrogens is 1. The van der Waals surface area contributed by atoms with Crippen LogP contribution in [0.15, 0.2) is 29.6 Å². The highest BCUT2D eigenvalue weighted by Crippen LogP contribution is 1.96. The molecule has 2 heterocycles. The number of pyridine rings is 1. The number of hydrogen-bond donors (Lipinski definition) is 2. The van der Waals surface area contributed by atoms with Crippen LogP contribution in [-0.4, -0.2) is 31.7 Å². The number of carbonyl (C=O) groups is 1. The van der Waals surface area contributed by atoms with Crippen molar-refractivity contribution in [3.05, 3.63) is 46.4 Å². The Morgan fingerprint density at radius 3 is 2.95 bits per heavy atom. The Bertz CT molecular complexity index is 617. The van der Waals surface area contributed by atoms with Crippen LogP contribution in [0.4, 0.5) is 0 Å². The predicted octanol–water partition coefficient (Wildman–Crippen LogP) is 0.0933. The summed E-state index contributed by atoms with van der Waals surface area (Å²) in [5, 5.41) is 6.70. The van der Waals surface area contributed by atoms with E-state index in [0.29, 0.717) is 6.54 Å². The van der Waals surface area contributed by atoms with Gasteiger partial charge in [-0.1, -0.05) is 0 Å². The summed E-state index contributed by atoms with van der Waals surface area (Å²) in [6, 6.07) is 3.05. The third-order valence-corrected chi connectivity index (χ3v) is 2.60. The first-order chi connectivity index (χ1) is 9.06. The van der Waals surface area contributed by atoms with Crippen molar-refractivity contribution < 1.29 is 4.79 Å². The van der Waals surface area contributed by atoms with E-state index in [4.69, 9.17) is 0 Å². The predicted molar refractivity (Wildman–Crippen MR) is 68.7 cm³/mol. The van der Waals surface area contributed by atoms with Gasteiger partial charge in [0.15, 0.2) is 0 Å². The fourth-order valence-corrected chi connectivity index (χ4v) is 1.71. The van der Waals surface area contributed by atoms with Gasteiger partial charge in [0, 0.05) is 11.7 Å². The van der Waals surface area contributed by atoms with E-state index in [2.05, 4.69) is 20.4 Å². The van der Waals surface area contributed by atoms with E-state index in [-0.39, 0.29) is 17.2 Å². The lowest BCUT2D eigenvalue weighted by molar-refractivity contribution is 0.0934. The molecule has 0 bridgehead atoms. The van der Waals surface area contributed by atoms with E-state index >= 15 is 0 Å². The fraction of sp³-hybridized carbons (Fsp3) is 0.333. The highest BCUT2D eigenvalue weighted by Gasteiger charge is 2.13. The zero-order valence-corrected chi connectivity index (χ0v) is 10.8. The largest absolute Gasteiger partial charge is 0.348 e. The minimum absolute atomic E-state index is 0.107. The topological polar surface area (TPSA) is 92.7 Å². The molecule has 0 aliphatic rings. The van der Waals surface area contributed by atoms with Crippen molar-refractivity contribution in [1.29, 1.82) is 0 Å². The summed E-state index contributed by atoms with van der Waals surface area (Å²) in [6.45, 7) is 4.09.